The average Bonchev–Trinajstić information content (AvgIpc) is 3.54. The fraction of sp³-hybridized carbons (Fsp3) is 0.148. The number of sulfonamides is 1. The van der Waals surface area contributed by atoms with Crippen LogP contribution >= 0.6 is 33.4 Å². The lowest BCUT2D eigenvalue weighted by molar-refractivity contribution is -0.140. The van der Waals surface area contributed by atoms with Crippen LogP contribution in [-0.2, 0) is 34.8 Å². The van der Waals surface area contributed by atoms with E-state index in [1.165, 1.54) is 48.8 Å². The highest BCUT2D eigenvalue weighted by atomic mass is 35.7. The topological polar surface area (TPSA) is 184 Å². The number of hydrogen-bond acceptors (Lipinski definition) is 12. The molecule has 0 saturated heterocycles. The molecule has 0 aliphatic rings. The van der Waals surface area contributed by atoms with Gasteiger partial charge in [0.1, 0.15) is 0 Å². The molecule has 19 heteroatoms. The molecule has 0 unspecified atom stereocenters. The molecule has 5 aromatic rings. The fourth-order valence-corrected chi connectivity index (χ4v) is 7.28. The van der Waals surface area contributed by atoms with Crippen LogP contribution in [0.5, 0.6) is 0 Å². The third-order valence-electron chi connectivity index (χ3n) is 5.84. The lowest BCUT2D eigenvalue weighted by atomic mass is 10.1. The minimum atomic E-state index is -4.64. The number of nitrogen functional groups attached to an aromatic ring is 2. The number of ether oxygens (including phenoxy) is 1. The van der Waals surface area contributed by atoms with E-state index in [-0.39, 0.29) is 39.0 Å². The summed E-state index contributed by atoms with van der Waals surface area (Å²) in [6.45, 7) is 0. The van der Waals surface area contributed by atoms with Gasteiger partial charge >= 0.3 is 12.1 Å². The van der Waals surface area contributed by atoms with Gasteiger partial charge in [-0.05, 0) is 54.6 Å². The lowest BCUT2D eigenvalue weighted by Crippen LogP contribution is -2.14. The Labute approximate surface area is 272 Å². The predicted octanol–water partition coefficient (Wildman–Crippen LogP) is 5.81. The first-order valence-electron chi connectivity index (χ1n) is 12.5. The number of hydrogen-bond donors (Lipinski definition) is 3. The smallest absolute Gasteiger partial charge is 0.416 e. The van der Waals surface area contributed by atoms with Crippen LogP contribution in [0.25, 0.3) is 20.4 Å². The second kappa shape index (κ2) is 13.7. The van der Waals surface area contributed by atoms with Gasteiger partial charge in [-0.15, -0.1) is 0 Å². The summed E-state index contributed by atoms with van der Waals surface area (Å²) < 4.78 is 95.1. The van der Waals surface area contributed by atoms with Crippen LogP contribution in [0.1, 0.15) is 24.0 Å². The largest absolute Gasteiger partial charge is 0.469 e. The summed E-state index contributed by atoms with van der Waals surface area (Å²) in [7, 11) is -1.43. The highest BCUT2D eigenvalue weighted by Gasteiger charge is 2.31. The third-order valence-corrected chi connectivity index (χ3v) is 10.3. The molecule has 0 radical (unpaired) electrons. The summed E-state index contributed by atoms with van der Waals surface area (Å²) in [5, 5.41) is 0.680. The molecule has 2 aromatic heterocycles. The SMILES string of the molecule is COC(=O)CCC#Cc1cc(C(F)(F)F)ccc1NS(=O)(=O)c1ccc2nc(N)sc2c1.Nc1nc2ccc(S(=O)(=O)Cl)cc2s1. The summed E-state index contributed by atoms with van der Waals surface area (Å²) in [5.74, 6) is 4.54. The van der Waals surface area contributed by atoms with Crippen molar-refractivity contribution in [2.75, 3.05) is 23.3 Å². The number of benzene rings is 3. The van der Waals surface area contributed by atoms with Crippen LogP contribution in [0.3, 0.4) is 0 Å². The zero-order valence-corrected chi connectivity index (χ0v) is 27.3. The van der Waals surface area contributed by atoms with Crippen molar-refractivity contribution in [2.45, 2.75) is 28.8 Å². The maximum absolute atomic E-state index is 13.1. The Bertz CT molecular complexity index is 2230. The lowest BCUT2D eigenvalue weighted by Gasteiger charge is -2.13. The summed E-state index contributed by atoms with van der Waals surface area (Å²) in [5.41, 5.74) is 11.0. The Morgan fingerprint density at radius 2 is 1.50 bits per heavy atom. The second-order valence-electron chi connectivity index (χ2n) is 9.04. The molecule has 0 bridgehead atoms. The molecule has 3 aromatic carbocycles. The van der Waals surface area contributed by atoms with E-state index in [4.69, 9.17) is 22.1 Å². The van der Waals surface area contributed by atoms with Gasteiger partial charge in [0.15, 0.2) is 10.3 Å². The second-order valence-corrected chi connectivity index (χ2v) is 15.4. The number of alkyl halides is 3. The molecular weight excluding hydrogens is 711 g/mol. The van der Waals surface area contributed by atoms with E-state index in [0.717, 1.165) is 29.5 Å². The van der Waals surface area contributed by atoms with Crippen LogP contribution < -0.4 is 16.2 Å². The summed E-state index contributed by atoms with van der Waals surface area (Å²) >= 11 is 2.33. The number of aromatic nitrogens is 2. The van der Waals surface area contributed by atoms with Crippen molar-refractivity contribution in [3.05, 3.63) is 65.7 Å². The Morgan fingerprint density at radius 1 is 0.935 bits per heavy atom. The van der Waals surface area contributed by atoms with Crippen LogP contribution in [0.4, 0.5) is 29.1 Å². The number of carbonyl (C=O) groups is 1. The zero-order valence-electron chi connectivity index (χ0n) is 23.3. The van der Waals surface area contributed by atoms with Gasteiger partial charge in [0.25, 0.3) is 19.1 Å². The Hall–Kier alpha value is -4.15. The molecule has 2 heterocycles. The molecule has 0 saturated carbocycles. The Morgan fingerprint density at radius 3 is 2.04 bits per heavy atom. The normalized spacial score (nSPS) is 11.8. The van der Waals surface area contributed by atoms with Crippen LogP contribution in [0.15, 0.2) is 64.4 Å². The standard InChI is InChI=1S/C20H16F3N3O4S2.C7H5ClN2O2S2/c1-30-18(27)5-3-2-4-12-10-13(20(21,22)23)6-8-15(12)26-32(28,29)14-7-9-16-17(11-14)31-19(24)25-16;8-14(11,12)4-1-2-5-6(3-4)13-7(9)10-5/h6-11,26H,3,5H2,1H3,(H2,24,25);1-3H,(H2,9,10). The number of carbonyl (C=O) groups excluding carboxylic acids is 1. The number of thiazole rings is 2. The van der Waals surface area contributed by atoms with Gasteiger partial charge in [0.2, 0.25) is 0 Å². The van der Waals surface area contributed by atoms with E-state index >= 15 is 0 Å². The highest BCUT2D eigenvalue weighted by molar-refractivity contribution is 8.13. The van der Waals surface area contributed by atoms with Gasteiger partial charge in [-0.3, -0.25) is 9.52 Å². The minimum Gasteiger partial charge on any atom is -0.469 e. The van der Waals surface area contributed by atoms with Crippen molar-refractivity contribution in [1.82, 2.24) is 9.97 Å². The van der Waals surface area contributed by atoms with E-state index in [1.807, 2.05) is 0 Å². The third kappa shape index (κ3) is 8.76. The van der Waals surface area contributed by atoms with Crippen molar-refractivity contribution in [3.63, 3.8) is 0 Å². The number of fused-ring (bicyclic) bond motifs is 2. The molecule has 242 valence electrons. The molecule has 0 fully saturated rings. The first kappa shape index (κ1) is 34.7. The molecule has 0 spiro atoms. The average molecular weight is 732 g/mol. The number of nitrogens with one attached hydrogen (secondary N) is 1. The molecule has 0 amide bonds. The van der Waals surface area contributed by atoms with Gasteiger partial charge in [0.05, 0.1) is 55.0 Å². The summed E-state index contributed by atoms with van der Waals surface area (Å²) in [6, 6.07) is 11.1. The number of rotatable bonds is 6. The summed E-state index contributed by atoms with van der Waals surface area (Å²) in [6.07, 6.45) is -4.67. The quantitative estimate of drug-likeness (QED) is 0.109. The van der Waals surface area contributed by atoms with Gasteiger partial charge < -0.3 is 16.2 Å². The van der Waals surface area contributed by atoms with E-state index < -0.39 is 36.8 Å². The highest BCUT2D eigenvalue weighted by Crippen LogP contribution is 2.33. The fourth-order valence-electron chi connectivity index (χ4n) is 3.71. The molecule has 46 heavy (non-hydrogen) atoms. The number of esters is 1. The van der Waals surface area contributed by atoms with E-state index in [2.05, 4.69) is 31.3 Å². The van der Waals surface area contributed by atoms with E-state index in [0.29, 0.717) is 25.6 Å². The zero-order chi connectivity index (χ0) is 33.9. The molecule has 11 nitrogen and oxygen atoms in total. The molecule has 0 atom stereocenters. The van der Waals surface area contributed by atoms with Crippen molar-refractivity contribution in [3.8, 4) is 11.8 Å². The minimum absolute atomic E-state index is 0.0264. The van der Waals surface area contributed by atoms with Gasteiger partial charge in [-0.25, -0.2) is 26.8 Å². The molecule has 5 N–H and O–H groups in total. The monoisotopic (exact) mass is 731 g/mol. The maximum Gasteiger partial charge on any atom is 0.416 e. The van der Waals surface area contributed by atoms with Crippen molar-refractivity contribution in [1.29, 1.82) is 0 Å². The van der Waals surface area contributed by atoms with Crippen LogP contribution in [-0.4, -0.2) is 39.9 Å². The van der Waals surface area contributed by atoms with Crippen LogP contribution in [0, 0.1) is 11.8 Å². The number of halogens is 4. The molecule has 0 aliphatic heterocycles. The van der Waals surface area contributed by atoms with E-state index in [1.54, 1.807) is 6.07 Å². The Kier molecular flexibility index (Phi) is 10.3. The first-order chi connectivity index (χ1) is 21.5. The molecule has 5 rings (SSSR count). The number of methoxy groups -OCH3 is 1. The molecular formula is C27H21ClF3N5O6S4. The number of anilines is 3. The van der Waals surface area contributed by atoms with E-state index in [9.17, 15) is 34.8 Å². The Balaban J connectivity index is 0.000000284. The van der Waals surface area contributed by atoms with Gasteiger partial charge in [0, 0.05) is 22.7 Å². The van der Waals surface area contributed by atoms with Crippen molar-refractivity contribution < 1.29 is 39.5 Å². The summed E-state index contributed by atoms with van der Waals surface area (Å²) in [4.78, 5) is 19.2. The number of nitrogens with two attached hydrogens (primary N) is 2. The first-order valence-corrected chi connectivity index (χ1v) is 18.0. The van der Waals surface area contributed by atoms with Crippen molar-refractivity contribution >= 4 is 94.8 Å². The maximum atomic E-state index is 13.1. The molecule has 0 aliphatic carbocycles. The van der Waals surface area contributed by atoms with Gasteiger partial charge in [-0.1, -0.05) is 34.5 Å². The van der Waals surface area contributed by atoms with Gasteiger partial charge in [-0.2, -0.15) is 13.2 Å². The number of nitrogens with zero attached hydrogens (tertiary/aromatic N) is 2. The van der Waals surface area contributed by atoms with Crippen molar-refractivity contribution in [2.24, 2.45) is 0 Å². The van der Waals surface area contributed by atoms with Crippen LogP contribution in [0.2, 0.25) is 0 Å². The predicted molar refractivity (Wildman–Crippen MR) is 171 cm³/mol.